The minimum Gasteiger partial charge on any atom is -0.446 e. The molecular formula is C18H25NO3. The Bertz CT molecular complexity index is 512. The summed E-state index contributed by atoms with van der Waals surface area (Å²) < 4.78 is 5.56. The molecule has 1 fully saturated rings. The summed E-state index contributed by atoms with van der Waals surface area (Å²) in [5, 5.41) is 2.32. The molecule has 0 unspecified atom stereocenters. The molecule has 120 valence electrons. The van der Waals surface area contributed by atoms with E-state index in [0.717, 1.165) is 12.8 Å². The summed E-state index contributed by atoms with van der Waals surface area (Å²) >= 11 is 0. The number of rotatable bonds is 3. The second-order valence-electron chi connectivity index (χ2n) is 6.59. The standard InChI is InChI=1S/C18H25NO3/c1-12(2)15-10-9-13(3)11-16(15)22-18(21)19-17(20)14-7-5-4-6-8-14/h4-8,12-13,15-16H,9-11H2,1-3H3,(H,19,20,21)/t13-,15-,16-/m1/s1. The minimum absolute atomic E-state index is 0.104. The second-order valence-corrected chi connectivity index (χ2v) is 6.59. The first kappa shape index (κ1) is 16.5. The van der Waals surface area contributed by atoms with Gasteiger partial charge in [-0.1, -0.05) is 45.4 Å². The Kier molecular flexibility index (Phi) is 5.58. The van der Waals surface area contributed by atoms with Gasteiger partial charge in [-0.15, -0.1) is 0 Å². The Balaban J connectivity index is 1.93. The third kappa shape index (κ3) is 4.33. The van der Waals surface area contributed by atoms with Gasteiger partial charge in [0.15, 0.2) is 0 Å². The molecule has 0 heterocycles. The van der Waals surface area contributed by atoms with Gasteiger partial charge in [-0.25, -0.2) is 4.79 Å². The largest absolute Gasteiger partial charge is 0.446 e. The third-order valence-electron chi connectivity index (χ3n) is 4.47. The predicted molar refractivity (Wildman–Crippen MR) is 85.5 cm³/mol. The molecule has 1 aliphatic carbocycles. The van der Waals surface area contributed by atoms with E-state index in [0.29, 0.717) is 23.3 Å². The van der Waals surface area contributed by atoms with Crippen LogP contribution in [0.2, 0.25) is 0 Å². The number of benzene rings is 1. The van der Waals surface area contributed by atoms with Crippen molar-refractivity contribution in [2.24, 2.45) is 17.8 Å². The molecule has 0 bridgehead atoms. The monoisotopic (exact) mass is 303 g/mol. The maximum Gasteiger partial charge on any atom is 0.414 e. The summed E-state index contributed by atoms with van der Waals surface area (Å²) in [4.78, 5) is 24.0. The molecule has 0 radical (unpaired) electrons. The molecule has 2 rings (SSSR count). The average Bonchev–Trinajstić information content (AvgIpc) is 2.47. The topological polar surface area (TPSA) is 55.4 Å². The molecule has 22 heavy (non-hydrogen) atoms. The summed E-state index contributed by atoms with van der Waals surface area (Å²) in [6.45, 7) is 6.49. The highest BCUT2D eigenvalue weighted by Gasteiger charge is 2.33. The second kappa shape index (κ2) is 7.43. The van der Waals surface area contributed by atoms with Gasteiger partial charge in [-0.05, 0) is 42.7 Å². The number of hydrogen-bond acceptors (Lipinski definition) is 3. The molecule has 4 nitrogen and oxygen atoms in total. The summed E-state index contributed by atoms with van der Waals surface area (Å²) in [7, 11) is 0. The molecule has 4 heteroatoms. The fourth-order valence-electron chi connectivity index (χ4n) is 3.17. The molecule has 1 aliphatic rings. The molecule has 0 aliphatic heterocycles. The minimum atomic E-state index is -0.640. The van der Waals surface area contributed by atoms with Crippen LogP contribution in [0.3, 0.4) is 0 Å². The van der Waals surface area contributed by atoms with Crippen molar-refractivity contribution in [3.8, 4) is 0 Å². The zero-order valence-electron chi connectivity index (χ0n) is 13.5. The van der Waals surface area contributed by atoms with Gasteiger partial charge in [0, 0.05) is 5.56 Å². The van der Waals surface area contributed by atoms with E-state index in [1.807, 2.05) is 6.07 Å². The van der Waals surface area contributed by atoms with E-state index in [4.69, 9.17) is 4.74 Å². The number of alkyl carbamates (subject to hydrolysis) is 1. The van der Waals surface area contributed by atoms with Gasteiger partial charge in [0.25, 0.3) is 5.91 Å². The predicted octanol–water partition coefficient (Wildman–Crippen LogP) is 4.01. The van der Waals surface area contributed by atoms with Crippen molar-refractivity contribution in [2.45, 2.75) is 46.1 Å². The average molecular weight is 303 g/mol. The number of carbonyl (C=O) groups is 2. The van der Waals surface area contributed by atoms with E-state index in [-0.39, 0.29) is 6.10 Å². The molecule has 1 saturated carbocycles. The number of hydrogen-bond donors (Lipinski definition) is 1. The number of imide groups is 1. The molecule has 1 aromatic rings. The van der Waals surface area contributed by atoms with Crippen LogP contribution in [0.1, 0.15) is 50.4 Å². The van der Waals surface area contributed by atoms with Gasteiger partial charge >= 0.3 is 6.09 Å². The zero-order chi connectivity index (χ0) is 16.1. The number of amides is 2. The van der Waals surface area contributed by atoms with Gasteiger partial charge < -0.3 is 4.74 Å². The van der Waals surface area contributed by atoms with Crippen LogP contribution in [0.15, 0.2) is 30.3 Å². The highest BCUT2D eigenvalue weighted by Crippen LogP contribution is 2.35. The lowest BCUT2D eigenvalue weighted by Crippen LogP contribution is -2.40. The first-order chi connectivity index (χ1) is 10.5. The summed E-state index contributed by atoms with van der Waals surface area (Å²) in [5.74, 6) is 0.970. The van der Waals surface area contributed by atoms with Gasteiger partial charge in [-0.3, -0.25) is 10.1 Å². The normalized spacial score (nSPS) is 24.8. The zero-order valence-corrected chi connectivity index (χ0v) is 13.5. The molecular weight excluding hydrogens is 278 g/mol. The SMILES string of the molecule is CC(C)[C@H]1CC[C@@H](C)C[C@H]1OC(=O)NC(=O)c1ccccc1. The quantitative estimate of drug-likeness (QED) is 0.917. The maximum absolute atomic E-state index is 12.0. The lowest BCUT2D eigenvalue weighted by atomic mass is 9.75. The van der Waals surface area contributed by atoms with Crippen molar-refractivity contribution < 1.29 is 14.3 Å². The fourth-order valence-corrected chi connectivity index (χ4v) is 3.17. The Morgan fingerprint density at radius 3 is 2.50 bits per heavy atom. The summed E-state index contributed by atoms with van der Waals surface area (Å²) in [6, 6.07) is 8.69. The van der Waals surface area contributed by atoms with Crippen LogP contribution in [0, 0.1) is 17.8 Å². The van der Waals surface area contributed by atoms with Crippen molar-refractivity contribution in [3.63, 3.8) is 0 Å². The molecule has 0 saturated heterocycles. The van der Waals surface area contributed by atoms with Gasteiger partial charge in [0.1, 0.15) is 6.10 Å². The van der Waals surface area contributed by atoms with Crippen molar-refractivity contribution in [1.82, 2.24) is 5.32 Å². The van der Waals surface area contributed by atoms with Crippen LogP contribution < -0.4 is 5.32 Å². The summed E-state index contributed by atoms with van der Waals surface area (Å²) in [6.07, 6.45) is 2.37. The van der Waals surface area contributed by atoms with Crippen LogP contribution in [0.5, 0.6) is 0 Å². The van der Waals surface area contributed by atoms with Crippen LogP contribution >= 0.6 is 0 Å². The number of nitrogens with one attached hydrogen (secondary N) is 1. The van der Waals surface area contributed by atoms with E-state index in [1.54, 1.807) is 24.3 Å². The molecule has 0 aromatic heterocycles. The fraction of sp³-hybridized carbons (Fsp3) is 0.556. The molecule has 1 N–H and O–H groups in total. The Hall–Kier alpha value is -1.84. The Labute approximate surface area is 132 Å². The smallest absolute Gasteiger partial charge is 0.414 e. The van der Waals surface area contributed by atoms with Crippen molar-refractivity contribution in [3.05, 3.63) is 35.9 Å². The van der Waals surface area contributed by atoms with Crippen LogP contribution in [-0.2, 0) is 4.74 Å². The van der Waals surface area contributed by atoms with Crippen LogP contribution in [0.25, 0.3) is 0 Å². The molecule has 3 atom stereocenters. The van der Waals surface area contributed by atoms with Crippen molar-refractivity contribution in [1.29, 1.82) is 0 Å². The lowest BCUT2D eigenvalue weighted by Gasteiger charge is -2.36. The summed E-state index contributed by atoms with van der Waals surface area (Å²) in [5.41, 5.74) is 0.455. The van der Waals surface area contributed by atoms with E-state index in [9.17, 15) is 9.59 Å². The van der Waals surface area contributed by atoms with Gasteiger partial charge in [0.2, 0.25) is 0 Å². The van der Waals surface area contributed by atoms with E-state index in [1.165, 1.54) is 6.42 Å². The molecule has 2 amide bonds. The Morgan fingerprint density at radius 2 is 1.86 bits per heavy atom. The lowest BCUT2D eigenvalue weighted by molar-refractivity contribution is 0.00664. The molecule has 1 aromatic carbocycles. The highest BCUT2D eigenvalue weighted by molar-refractivity contribution is 6.02. The van der Waals surface area contributed by atoms with E-state index < -0.39 is 12.0 Å². The first-order valence-corrected chi connectivity index (χ1v) is 8.04. The molecule has 0 spiro atoms. The van der Waals surface area contributed by atoms with Gasteiger partial charge in [0.05, 0.1) is 0 Å². The Morgan fingerprint density at radius 1 is 1.18 bits per heavy atom. The van der Waals surface area contributed by atoms with Crippen molar-refractivity contribution in [2.75, 3.05) is 0 Å². The first-order valence-electron chi connectivity index (χ1n) is 8.04. The highest BCUT2D eigenvalue weighted by atomic mass is 16.6. The van der Waals surface area contributed by atoms with E-state index >= 15 is 0 Å². The van der Waals surface area contributed by atoms with E-state index in [2.05, 4.69) is 26.1 Å². The van der Waals surface area contributed by atoms with Gasteiger partial charge in [-0.2, -0.15) is 0 Å². The van der Waals surface area contributed by atoms with Crippen molar-refractivity contribution >= 4 is 12.0 Å². The maximum atomic E-state index is 12.0. The van der Waals surface area contributed by atoms with Crippen LogP contribution in [-0.4, -0.2) is 18.1 Å². The number of ether oxygens (including phenoxy) is 1. The van der Waals surface area contributed by atoms with Crippen LogP contribution in [0.4, 0.5) is 4.79 Å². The third-order valence-corrected chi connectivity index (χ3v) is 4.47. The number of carbonyl (C=O) groups excluding carboxylic acids is 2.